The fraction of sp³-hybridized carbons (Fsp3) is 0.588. The van der Waals surface area contributed by atoms with Gasteiger partial charge in [-0.25, -0.2) is 0 Å². The van der Waals surface area contributed by atoms with Gasteiger partial charge in [-0.15, -0.1) is 0 Å². The molecule has 3 heteroatoms. The molecule has 0 spiro atoms. The Balaban J connectivity index is 2.50. The molecule has 1 N–H and O–H groups in total. The number of carbonyl (C=O) groups excluding carboxylic acids is 1. The number of rotatable bonds is 5. The standard InChI is InChI=1S/C17H26BrNO/c1-12(11-17(3,4)5)9-16(20)19-13(2)14-7-6-8-15(18)10-14/h6-8,10,12-13H,9,11H2,1-5H3,(H,19,20). The highest BCUT2D eigenvalue weighted by molar-refractivity contribution is 9.10. The van der Waals surface area contributed by atoms with Crippen LogP contribution in [0.4, 0.5) is 0 Å². The van der Waals surface area contributed by atoms with Crippen molar-refractivity contribution in [3.63, 3.8) is 0 Å². The fourth-order valence-electron chi connectivity index (χ4n) is 2.59. The molecule has 0 fully saturated rings. The fourth-order valence-corrected chi connectivity index (χ4v) is 3.01. The lowest BCUT2D eigenvalue weighted by molar-refractivity contribution is -0.122. The van der Waals surface area contributed by atoms with Crippen molar-refractivity contribution >= 4 is 21.8 Å². The summed E-state index contributed by atoms with van der Waals surface area (Å²) in [5.74, 6) is 0.541. The lowest BCUT2D eigenvalue weighted by Crippen LogP contribution is -2.28. The molecule has 1 aromatic rings. The first-order valence-corrected chi connectivity index (χ1v) is 8.01. The summed E-state index contributed by atoms with van der Waals surface area (Å²) < 4.78 is 1.04. The van der Waals surface area contributed by atoms with Crippen molar-refractivity contribution < 1.29 is 4.79 Å². The molecule has 1 rings (SSSR count). The Kier molecular flexibility index (Phi) is 6.25. The second-order valence-electron chi connectivity index (χ2n) is 6.92. The third kappa shape index (κ3) is 6.56. The normalized spacial score (nSPS) is 14.7. The predicted molar refractivity (Wildman–Crippen MR) is 88.6 cm³/mol. The van der Waals surface area contributed by atoms with Crippen LogP contribution >= 0.6 is 15.9 Å². The van der Waals surface area contributed by atoms with Gasteiger partial charge in [-0.2, -0.15) is 0 Å². The molecule has 2 atom stereocenters. The molecule has 20 heavy (non-hydrogen) atoms. The van der Waals surface area contributed by atoms with Gasteiger partial charge in [0.25, 0.3) is 0 Å². The van der Waals surface area contributed by atoms with E-state index in [1.54, 1.807) is 0 Å². The van der Waals surface area contributed by atoms with Crippen LogP contribution in [0.5, 0.6) is 0 Å². The number of halogens is 1. The summed E-state index contributed by atoms with van der Waals surface area (Å²) in [5.41, 5.74) is 1.39. The number of hydrogen-bond acceptors (Lipinski definition) is 1. The molecule has 0 radical (unpaired) electrons. The first kappa shape index (κ1) is 17.2. The number of amides is 1. The van der Waals surface area contributed by atoms with Crippen molar-refractivity contribution in [3.8, 4) is 0 Å². The van der Waals surface area contributed by atoms with Crippen LogP contribution in [-0.4, -0.2) is 5.91 Å². The van der Waals surface area contributed by atoms with Crippen LogP contribution in [0, 0.1) is 11.3 Å². The molecule has 0 aliphatic carbocycles. The van der Waals surface area contributed by atoms with Crippen molar-refractivity contribution in [2.75, 3.05) is 0 Å². The Hall–Kier alpha value is -0.830. The van der Waals surface area contributed by atoms with Crippen molar-refractivity contribution in [2.45, 2.75) is 53.5 Å². The summed E-state index contributed by atoms with van der Waals surface area (Å²) in [4.78, 5) is 12.1. The molecule has 0 saturated carbocycles. The molecule has 0 aromatic heterocycles. The minimum Gasteiger partial charge on any atom is -0.350 e. The number of benzene rings is 1. The third-order valence-electron chi connectivity index (χ3n) is 3.22. The molecule has 112 valence electrons. The maximum atomic E-state index is 12.1. The Morgan fingerprint density at radius 3 is 2.50 bits per heavy atom. The van der Waals surface area contributed by atoms with Crippen LogP contribution in [0.15, 0.2) is 28.7 Å². The third-order valence-corrected chi connectivity index (χ3v) is 3.71. The average Bonchev–Trinajstić information content (AvgIpc) is 2.25. The van der Waals surface area contributed by atoms with Gasteiger partial charge in [0.2, 0.25) is 5.91 Å². The van der Waals surface area contributed by atoms with Gasteiger partial charge in [0.1, 0.15) is 0 Å². The van der Waals surface area contributed by atoms with Crippen LogP contribution < -0.4 is 5.32 Å². The Labute approximate surface area is 131 Å². The Morgan fingerprint density at radius 1 is 1.30 bits per heavy atom. The molecule has 1 amide bonds. The Bertz CT molecular complexity index is 451. The highest BCUT2D eigenvalue weighted by Gasteiger charge is 2.18. The number of carbonyl (C=O) groups is 1. The predicted octanol–water partition coefficient (Wildman–Crippen LogP) is 5.09. The largest absolute Gasteiger partial charge is 0.350 e. The average molecular weight is 340 g/mol. The maximum Gasteiger partial charge on any atom is 0.220 e. The first-order chi connectivity index (χ1) is 9.17. The zero-order valence-corrected chi connectivity index (χ0v) is 14.8. The van der Waals surface area contributed by atoms with Crippen molar-refractivity contribution in [3.05, 3.63) is 34.3 Å². The van der Waals surface area contributed by atoms with E-state index < -0.39 is 0 Å². The number of hydrogen-bond donors (Lipinski definition) is 1. The van der Waals surface area contributed by atoms with Gasteiger partial charge < -0.3 is 5.32 Å². The van der Waals surface area contributed by atoms with Crippen LogP contribution in [0.3, 0.4) is 0 Å². The van der Waals surface area contributed by atoms with Crippen molar-refractivity contribution in [2.24, 2.45) is 11.3 Å². The Morgan fingerprint density at radius 2 is 1.95 bits per heavy atom. The molecule has 1 aromatic carbocycles. The minimum atomic E-state index is 0.0434. The van der Waals surface area contributed by atoms with Crippen LogP contribution in [0.2, 0.25) is 0 Å². The lowest BCUT2D eigenvalue weighted by Gasteiger charge is -2.23. The quantitative estimate of drug-likeness (QED) is 0.795. The molecule has 0 bridgehead atoms. The highest BCUT2D eigenvalue weighted by atomic mass is 79.9. The second-order valence-corrected chi connectivity index (χ2v) is 7.83. The molecule has 2 nitrogen and oxygen atoms in total. The summed E-state index contributed by atoms with van der Waals surface area (Å²) >= 11 is 3.46. The van der Waals surface area contributed by atoms with E-state index in [1.165, 1.54) is 0 Å². The molecule has 0 saturated heterocycles. The summed E-state index contributed by atoms with van der Waals surface area (Å²) in [7, 11) is 0. The molecule has 0 aliphatic heterocycles. The van der Waals surface area contributed by atoms with E-state index in [0.29, 0.717) is 12.3 Å². The van der Waals surface area contributed by atoms with E-state index in [1.807, 2.05) is 31.2 Å². The molecule has 2 unspecified atom stereocenters. The zero-order valence-electron chi connectivity index (χ0n) is 13.2. The summed E-state index contributed by atoms with van der Waals surface area (Å²) in [6.45, 7) is 10.8. The van der Waals surface area contributed by atoms with E-state index >= 15 is 0 Å². The topological polar surface area (TPSA) is 29.1 Å². The molecular formula is C17H26BrNO. The SMILES string of the molecule is CC(CC(=O)NC(C)c1cccc(Br)c1)CC(C)(C)C. The van der Waals surface area contributed by atoms with Gasteiger partial charge in [-0.3, -0.25) is 4.79 Å². The van der Waals surface area contributed by atoms with Crippen molar-refractivity contribution in [1.82, 2.24) is 5.32 Å². The van der Waals surface area contributed by atoms with Crippen LogP contribution in [0.25, 0.3) is 0 Å². The molecular weight excluding hydrogens is 314 g/mol. The van der Waals surface area contributed by atoms with Gasteiger partial charge in [0.05, 0.1) is 6.04 Å². The monoisotopic (exact) mass is 339 g/mol. The van der Waals surface area contributed by atoms with Gasteiger partial charge in [0, 0.05) is 10.9 Å². The zero-order chi connectivity index (χ0) is 15.3. The second kappa shape index (κ2) is 7.26. The van der Waals surface area contributed by atoms with Gasteiger partial charge >= 0.3 is 0 Å². The minimum absolute atomic E-state index is 0.0434. The highest BCUT2D eigenvalue weighted by Crippen LogP contribution is 2.26. The van der Waals surface area contributed by atoms with Crippen molar-refractivity contribution in [1.29, 1.82) is 0 Å². The van der Waals surface area contributed by atoms with E-state index in [4.69, 9.17) is 0 Å². The van der Waals surface area contributed by atoms with Gasteiger partial charge in [0.15, 0.2) is 0 Å². The first-order valence-electron chi connectivity index (χ1n) is 7.22. The maximum absolute atomic E-state index is 12.1. The number of nitrogens with one attached hydrogen (secondary N) is 1. The summed E-state index contributed by atoms with van der Waals surface area (Å²) in [5, 5.41) is 3.08. The smallest absolute Gasteiger partial charge is 0.220 e. The van der Waals surface area contributed by atoms with E-state index in [9.17, 15) is 4.79 Å². The molecule has 0 heterocycles. The van der Waals surface area contributed by atoms with E-state index in [-0.39, 0.29) is 17.4 Å². The van der Waals surface area contributed by atoms with E-state index in [2.05, 4.69) is 48.9 Å². The lowest BCUT2D eigenvalue weighted by atomic mass is 9.84. The van der Waals surface area contributed by atoms with Gasteiger partial charge in [-0.05, 0) is 42.4 Å². The van der Waals surface area contributed by atoms with E-state index in [0.717, 1.165) is 16.5 Å². The summed E-state index contributed by atoms with van der Waals surface area (Å²) in [6.07, 6.45) is 1.65. The van der Waals surface area contributed by atoms with Crippen LogP contribution in [-0.2, 0) is 4.79 Å². The van der Waals surface area contributed by atoms with Gasteiger partial charge in [-0.1, -0.05) is 55.8 Å². The summed E-state index contributed by atoms with van der Waals surface area (Å²) in [6, 6.07) is 8.10. The van der Waals surface area contributed by atoms with Crippen LogP contribution in [0.1, 0.15) is 59.1 Å². The molecule has 0 aliphatic rings.